The average Bonchev–Trinajstić information content (AvgIpc) is 3.22. The Hall–Kier alpha value is -3.80. The number of imidazole rings is 1. The van der Waals surface area contributed by atoms with Crippen LogP contribution in [0.2, 0.25) is 0 Å². The average molecular weight is 458 g/mol. The Balaban J connectivity index is 1.40. The summed E-state index contributed by atoms with van der Waals surface area (Å²) in [5.74, 6) is 2.23. The number of amides is 1. The van der Waals surface area contributed by atoms with E-state index in [2.05, 4.69) is 35.9 Å². The van der Waals surface area contributed by atoms with E-state index in [0.29, 0.717) is 12.4 Å². The Morgan fingerprint density at radius 1 is 0.971 bits per heavy atom. The Kier molecular flexibility index (Phi) is 7.48. The van der Waals surface area contributed by atoms with Gasteiger partial charge >= 0.3 is 0 Å². The molecule has 0 fully saturated rings. The summed E-state index contributed by atoms with van der Waals surface area (Å²) in [5.41, 5.74) is 4.35. The van der Waals surface area contributed by atoms with Gasteiger partial charge in [-0.15, -0.1) is 0 Å². The molecule has 0 bridgehead atoms. The Bertz CT molecular complexity index is 1250. The summed E-state index contributed by atoms with van der Waals surface area (Å²) in [5, 5.41) is 3.02. The molecule has 1 atom stereocenters. The van der Waals surface area contributed by atoms with Crippen molar-refractivity contribution in [2.45, 2.75) is 39.8 Å². The number of aryl methyl sites for hydroxylation is 2. The fraction of sp³-hybridized carbons (Fsp3) is 0.286. The van der Waals surface area contributed by atoms with E-state index in [1.807, 2.05) is 67.6 Å². The molecule has 176 valence electrons. The Morgan fingerprint density at radius 3 is 2.56 bits per heavy atom. The normalized spacial score (nSPS) is 11.9. The molecule has 0 aliphatic heterocycles. The van der Waals surface area contributed by atoms with Gasteiger partial charge in [0.05, 0.1) is 23.7 Å². The predicted molar refractivity (Wildman–Crippen MR) is 134 cm³/mol. The Labute approximate surface area is 200 Å². The molecule has 0 spiro atoms. The van der Waals surface area contributed by atoms with Crippen molar-refractivity contribution < 1.29 is 14.3 Å². The van der Waals surface area contributed by atoms with Gasteiger partial charge in [0.1, 0.15) is 17.3 Å². The highest BCUT2D eigenvalue weighted by atomic mass is 16.5. The van der Waals surface area contributed by atoms with Gasteiger partial charge in [0.25, 0.3) is 5.91 Å². The van der Waals surface area contributed by atoms with Crippen LogP contribution in [0, 0.1) is 13.8 Å². The zero-order valence-electron chi connectivity index (χ0n) is 20.0. The maximum absolute atomic E-state index is 12.5. The van der Waals surface area contributed by atoms with E-state index in [-0.39, 0.29) is 18.6 Å². The predicted octanol–water partition coefficient (Wildman–Crippen LogP) is 5.38. The molecule has 4 rings (SSSR count). The molecule has 34 heavy (non-hydrogen) atoms. The third-order valence-corrected chi connectivity index (χ3v) is 5.90. The minimum atomic E-state index is -0.265. The van der Waals surface area contributed by atoms with Crippen molar-refractivity contribution in [2.24, 2.45) is 0 Å². The van der Waals surface area contributed by atoms with E-state index in [1.54, 1.807) is 0 Å². The number of nitrogens with zero attached hydrogens (tertiary/aromatic N) is 2. The molecule has 1 aromatic heterocycles. The second-order valence-corrected chi connectivity index (χ2v) is 8.40. The number of nitrogens with one attached hydrogen (secondary N) is 1. The van der Waals surface area contributed by atoms with E-state index < -0.39 is 0 Å². The number of hydrogen-bond donors (Lipinski definition) is 1. The van der Waals surface area contributed by atoms with Gasteiger partial charge in [0.2, 0.25) is 0 Å². The van der Waals surface area contributed by atoms with Gasteiger partial charge in [0.15, 0.2) is 6.61 Å². The van der Waals surface area contributed by atoms with Crippen molar-refractivity contribution in [3.05, 3.63) is 89.7 Å². The largest absolute Gasteiger partial charge is 0.493 e. The van der Waals surface area contributed by atoms with Crippen LogP contribution in [0.5, 0.6) is 11.5 Å². The van der Waals surface area contributed by atoms with Crippen LogP contribution < -0.4 is 14.8 Å². The molecule has 4 aromatic rings. The molecule has 0 aliphatic carbocycles. The smallest absolute Gasteiger partial charge is 0.258 e. The lowest BCUT2D eigenvalue weighted by Crippen LogP contribution is -2.32. The van der Waals surface area contributed by atoms with Gasteiger partial charge in [-0.25, -0.2) is 4.98 Å². The standard InChI is InChI=1S/C28H31N3O3/c1-20-11-9-16-26(21(20)2)33-18-10-17-31-25-15-8-7-14-24(25)30-28(31)22(3)29-27(32)19-34-23-12-5-4-6-13-23/h4-9,11-16,22H,10,17-19H2,1-3H3,(H,29,32). The number of para-hydroxylation sites is 3. The summed E-state index contributed by atoms with van der Waals surface area (Å²) < 4.78 is 13.8. The highest BCUT2D eigenvalue weighted by molar-refractivity contribution is 5.79. The molecular weight excluding hydrogens is 426 g/mol. The number of ether oxygens (including phenoxy) is 2. The lowest BCUT2D eigenvalue weighted by Gasteiger charge is -2.17. The molecule has 6 nitrogen and oxygen atoms in total. The molecule has 0 saturated carbocycles. The van der Waals surface area contributed by atoms with Crippen LogP contribution in [0.3, 0.4) is 0 Å². The van der Waals surface area contributed by atoms with E-state index in [1.165, 1.54) is 11.1 Å². The molecule has 0 radical (unpaired) electrons. The number of carbonyl (C=O) groups excluding carboxylic acids is 1. The zero-order valence-corrected chi connectivity index (χ0v) is 20.0. The first-order chi connectivity index (χ1) is 16.5. The van der Waals surface area contributed by atoms with Crippen LogP contribution in [-0.4, -0.2) is 28.7 Å². The van der Waals surface area contributed by atoms with Gasteiger partial charge in [-0.1, -0.05) is 42.5 Å². The monoisotopic (exact) mass is 457 g/mol. The molecule has 1 heterocycles. The van der Waals surface area contributed by atoms with Gasteiger partial charge in [0, 0.05) is 6.54 Å². The molecule has 0 aliphatic rings. The maximum atomic E-state index is 12.5. The molecule has 6 heteroatoms. The molecule has 3 aromatic carbocycles. The van der Waals surface area contributed by atoms with Crippen molar-refractivity contribution in [1.29, 1.82) is 0 Å². The van der Waals surface area contributed by atoms with Crippen molar-refractivity contribution in [2.75, 3.05) is 13.2 Å². The van der Waals surface area contributed by atoms with E-state index >= 15 is 0 Å². The number of benzene rings is 3. The summed E-state index contributed by atoms with van der Waals surface area (Å²) >= 11 is 0. The van der Waals surface area contributed by atoms with Crippen molar-refractivity contribution in [3.63, 3.8) is 0 Å². The Morgan fingerprint density at radius 2 is 1.74 bits per heavy atom. The summed E-state index contributed by atoms with van der Waals surface area (Å²) in [7, 11) is 0. The molecule has 0 saturated heterocycles. The van der Waals surface area contributed by atoms with Crippen LogP contribution in [-0.2, 0) is 11.3 Å². The fourth-order valence-corrected chi connectivity index (χ4v) is 3.96. The highest BCUT2D eigenvalue weighted by Gasteiger charge is 2.18. The maximum Gasteiger partial charge on any atom is 0.258 e. The third-order valence-electron chi connectivity index (χ3n) is 5.90. The number of carbonyl (C=O) groups is 1. The van der Waals surface area contributed by atoms with Crippen molar-refractivity contribution >= 4 is 16.9 Å². The lowest BCUT2D eigenvalue weighted by atomic mass is 10.1. The highest BCUT2D eigenvalue weighted by Crippen LogP contribution is 2.23. The second kappa shape index (κ2) is 10.9. The first-order valence-corrected chi connectivity index (χ1v) is 11.6. The van der Waals surface area contributed by atoms with Crippen LogP contribution in [0.15, 0.2) is 72.8 Å². The van der Waals surface area contributed by atoms with Gasteiger partial charge in [-0.2, -0.15) is 0 Å². The van der Waals surface area contributed by atoms with Crippen LogP contribution in [0.4, 0.5) is 0 Å². The first-order valence-electron chi connectivity index (χ1n) is 11.6. The summed E-state index contributed by atoms with van der Waals surface area (Å²) in [4.78, 5) is 17.3. The van der Waals surface area contributed by atoms with Gasteiger partial charge < -0.3 is 19.4 Å². The SMILES string of the molecule is Cc1cccc(OCCCn2c(C(C)NC(=O)COc3ccccc3)nc3ccccc32)c1C. The summed E-state index contributed by atoms with van der Waals surface area (Å²) in [6.45, 7) is 7.41. The van der Waals surface area contributed by atoms with Crippen molar-refractivity contribution in [3.8, 4) is 11.5 Å². The zero-order chi connectivity index (χ0) is 23.9. The molecule has 1 unspecified atom stereocenters. The van der Waals surface area contributed by atoms with E-state index in [9.17, 15) is 4.79 Å². The number of fused-ring (bicyclic) bond motifs is 1. The fourth-order valence-electron chi connectivity index (χ4n) is 3.96. The lowest BCUT2D eigenvalue weighted by molar-refractivity contribution is -0.123. The quantitative estimate of drug-likeness (QED) is 0.325. The number of hydrogen-bond acceptors (Lipinski definition) is 4. The minimum Gasteiger partial charge on any atom is -0.493 e. The van der Waals surface area contributed by atoms with E-state index in [4.69, 9.17) is 14.5 Å². The van der Waals surface area contributed by atoms with Crippen LogP contribution >= 0.6 is 0 Å². The van der Waals surface area contributed by atoms with Gasteiger partial charge in [-0.05, 0) is 68.7 Å². The number of aromatic nitrogens is 2. The van der Waals surface area contributed by atoms with Crippen molar-refractivity contribution in [1.82, 2.24) is 14.9 Å². The topological polar surface area (TPSA) is 65.4 Å². The first kappa shape index (κ1) is 23.4. The molecule has 1 amide bonds. The third kappa shape index (κ3) is 5.57. The van der Waals surface area contributed by atoms with Gasteiger partial charge in [-0.3, -0.25) is 4.79 Å². The van der Waals surface area contributed by atoms with Crippen LogP contribution in [0.1, 0.15) is 36.3 Å². The summed E-state index contributed by atoms with van der Waals surface area (Å²) in [6, 6.07) is 23.2. The minimum absolute atomic E-state index is 0.0434. The second-order valence-electron chi connectivity index (χ2n) is 8.40. The van der Waals surface area contributed by atoms with E-state index in [0.717, 1.165) is 35.6 Å². The molecule has 1 N–H and O–H groups in total. The van der Waals surface area contributed by atoms with Crippen LogP contribution in [0.25, 0.3) is 11.0 Å². The molecular formula is C28H31N3O3. The summed E-state index contributed by atoms with van der Waals surface area (Å²) in [6.07, 6.45) is 0.818. The number of rotatable bonds is 10.